The topological polar surface area (TPSA) is 84.4 Å². The molecule has 2 fully saturated rings. The van der Waals surface area contributed by atoms with Gasteiger partial charge in [-0.05, 0) is 68.9 Å². The van der Waals surface area contributed by atoms with Crippen LogP contribution >= 0.6 is 0 Å². The second-order valence-corrected chi connectivity index (χ2v) is 9.83. The highest BCUT2D eigenvalue weighted by Gasteiger charge is 2.40. The Balaban J connectivity index is 1.49. The van der Waals surface area contributed by atoms with Gasteiger partial charge in [-0.3, -0.25) is 4.79 Å². The highest BCUT2D eigenvalue weighted by molar-refractivity contribution is 5.96. The first-order chi connectivity index (χ1) is 17.4. The van der Waals surface area contributed by atoms with Crippen LogP contribution in [0.5, 0.6) is 0 Å². The van der Waals surface area contributed by atoms with Gasteiger partial charge in [-0.2, -0.15) is 0 Å². The van der Waals surface area contributed by atoms with Gasteiger partial charge in [0.05, 0.1) is 22.8 Å². The lowest BCUT2D eigenvalue weighted by Crippen LogP contribution is -2.34. The number of benzene rings is 2. The minimum absolute atomic E-state index is 0.134. The average molecular weight is 493 g/mol. The summed E-state index contributed by atoms with van der Waals surface area (Å²) in [5, 5.41) is 13.7. The number of carbonyl (C=O) groups excluding carboxylic acids is 1. The Morgan fingerprint density at radius 1 is 1.11 bits per heavy atom. The quantitative estimate of drug-likeness (QED) is 0.403. The molecule has 1 N–H and O–H groups in total. The maximum Gasteiger partial charge on any atom is 0.227 e. The van der Waals surface area contributed by atoms with Gasteiger partial charge >= 0.3 is 0 Å². The maximum atomic E-state index is 14.1. The van der Waals surface area contributed by atoms with Gasteiger partial charge in [-0.15, -0.1) is 0 Å². The molecule has 1 amide bonds. The number of rotatable bonds is 5. The molecule has 3 heterocycles. The molecule has 0 spiro atoms. The van der Waals surface area contributed by atoms with Crippen LogP contribution in [0.25, 0.3) is 22.2 Å². The predicted molar refractivity (Wildman–Crippen MR) is 129 cm³/mol. The molecule has 0 unspecified atom stereocenters. The molecule has 2 aliphatic rings. The van der Waals surface area contributed by atoms with Gasteiger partial charge < -0.3 is 19.1 Å². The molecule has 186 valence electrons. The maximum absolute atomic E-state index is 14.1. The third-order valence-corrected chi connectivity index (χ3v) is 7.56. The van der Waals surface area contributed by atoms with E-state index in [2.05, 4.69) is 9.72 Å². The molecular formula is C27H26F2N4O3. The SMILES string of the molecule is Cc1noc(C)c1-c1ccc2c(c1)nc([C@@H]1CCC(=O)N1c1ccc(F)c(F)c1)n2[C@H]1C[C@@H](CO)C1. The highest BCUT2D eigenvalue weighted by Crippen LogP contribution is 2.45. The molecule has 4 aromatic rings. The summed E-state index contributed by atoms with van der Waals surface area (Å²) in [6.45, 7) is 3.90. The Hall–Kier alpha value is -3.59. The van der Waals surface area contributed by atoms with E-state index in [-0.39, 0.29) is 24.5 Å². The van der Waals surface area contributed by atoms with Gasteiger partial charge in [-0.25, -0.2) is 13.8 Å². The van der Waals surface area contributed by atoms with Crippen LogP contribution in [0.3, 0.4) is 0 Å². The number of aromatic nitrogens is 3. The second kappa shape index (κ2) is 8.51. The van der Waals surface area contributed by atoms with Crippen molar-refractivity contribution in [1.29, 1.82) is 0 Å². The van der Waals surface area contributed by atoms with Gasteiger partial charge in [0.15, 0.2) is 11.6 Å². The van der Waals surface area contributed by atoms with E-state index < -0.39 is 17.7 Å². The normalized spacial score (nSPS) is 22.0. The molecule has 1 aliphatic carbocycles. The Bertz CT molecular complexity index is 1470. The zero-order chi connectivity index (χ0) is 25.1. The smallest absolute Gasteiger partial charge is 0.227 e. The van der Waals surface area contributed by atoms with Crippen LogP contribution < -0.4 is 4.90 Å². The summed E-state index contributed by atoms with van der Waals surface area (Å²) in [4.78, 5) is 19.5. The van der Waals surface area contributed by atoms with Crippen molar-refractivity contribution in [3.8, 4) is 11.1 Å². The third-order valence-electron chi connectivity index (χ3n) is 7.56. The van der Waals surface area contributed by atoms with Crippen LogP contribution in [-0.2, 0) is 4.79 Å². The summed E-state index contributed by atoms with van der Waals surface area (Å²) in [5.74, 6) is -0.420. The van der Waals surface area contributed by atoms with E-state index in [4.69, 9.17) is 9.51 Å². The first-order valence-corrected chi connectivity index (χ1v) is 12.2. The molecule has 0 bridgehead atoms. The van der Waals surface area contributed by atoms with Crippen molar-refractivity contribution in [2.75, 3.05) is 11.5 Å². The fourth-order valence-corrected chi connectivity index (χ4v) is 5.73. The molecule has 0 radical (unpaired) electrons. The van der Waals surface area contributed by atoms with Crippen molar-refractivity contribution in [3.05, 3.63) is 65.3 Å². The van der Waals surface area contributed by atoms with Crippen molar-refractivity contribution in [1.82, 2.24) is 14.7 Å². The molecular weight excluding hydrogens is 466 g/mol. The van der Waals surface area contributed by atoms with Crippen LogP contribution in [0.4, 0.5) is 14.5 Å². The lowest BCUT2D eigenvalue weighted by atomic mass is 9.80. The third kappa shape index (κ3) is 3.52. The number of aliphatic hydroxyl groups excluding tert-OH is 1. The molecule has 9 heteroatoms. The van der Waals surface area contributed by atoms with Gasteiger partial charge in [0, 0.05) is 36.4 Å². The molecule has 36 heavy (non-hydrogen) atoms. The van der Waals surface area contributed by atoms with E-state index in [9.17, 15) is 18.7 Å². The number of imidazole rings is 1. The summed E-state index contributed by atoms with van der Waals surface area (Å²) in [5.41, 5.74) is 4.69. The summed E-state index contributed by atoms with van der Waals surface area (Å²) in [6.07, 6.45) is 2.44. The number of carbonyl (C=O) groups is 1. The Morgan fingerprint density at radius 3 is 2.61 bits per heavy atom. The van der Waals surface area contributed by atoms with Crippen LogP contribution in [0, 0.1) is 31.4 Å². The molecule has 1 aliphatic heterocycles. The zero-order valence-corrected chi connectivity index (χ0v) is 20.0. The van der Waals surface area contributed by atoms with Gasteiger partial charge in [0.1, 0.15) is 11.6 Å². The Labute approximate surface area is 206 Å². The Morgan fingerprint density at radius 2 is 1.92 bits per heavy atom. The number of aliphatic hydroxyl groups is 1. The Kier molecular flexibility index (Phi) is 5.40. The molecule has 1 saturated heterocycles. The van der Waals surface area contributed by atoms with E-state index in [1.165, 1.54) is 11.0 Å². The minimum atomic E-state index is -0.992. The monoisotopic (exact) mass is 492 g/mol. The van der Waals surface area contributed by atoms with Crippen LogP contribution in [0.1, 0.15) is 55.0 Å². The van der Waals surface area contributed by atoms with Crippen molar-refractivity contribution < 1.29 is 23.2 Å². The molecule has 6 rings (SSSR count). The fraction of sp³-hybridized carbons (Fsp3) is 0.370. The minimum Gasteiger partial charge on any atom is -0.396 e. The van der Waals surface area contributed by atoms with Crippen LogP contribution in [-0.4, -0.2) is 32.3 Å². The number of amides is 1. The summed E-state index contributed by atoms with van der Waals surface area (Å²) < 4.78 is 35.2. The number of nitrogens with zero attached hydrogens (tertiary/aromatic N) is 4. The number of anilines is 1. The van der Waals surface area contributed by atoms with E-state index in [1.807, 2.05) is 32.0 Å². The van der Waals surface area contributed by atoms with E-state index in [1.54, 1.807) is 0 Å². The first kappa shape index (κ1) is 22.8. The van der Waals surface area contributed by atoms with Crippen LogP contribution in [0.2, 0.25) is 0 Å². The molecule has 2 aromatic heterocycles. The number of hydrogen-bond donors (Lipinski definition) is 1. The van der Waals surface area contributed by atoms with E-state index in [0.29, 0.717) is 18.5 Å². The number of fused-ring (bicyclic) bond motifs is 1. The van der Waals surface area contributed by atoms with Crippen molar-refractivity contribution in [2.45, 2.75) is 51.6 Å². The number of aryl methyl sites for hydroxylation is 2. The average Bonchev–Trinajstić information content (AvgIpc) is 3.49. The van der Waals surface area contributed by atoms with Crippen LogP contribution in [0.15, 0.2) is 40.9 Å². The lowest BCUT2D eigenvalue weighted by molar-refractivity contribution is -0.117. The standard InChI is InChI=1S/C27H26F2N4O3/c1-14-26(15(2)36-31-14)17-3-6-23-22(11-17)30-27(33(23)19-9-16(10-19)13-34)24-7-8-25(35)32(24)18-4-5-20(28)21(29)12-18/h3-6,11-12,16,19,24,34H,7-10,13H2,1-2H3/t16-,19+,24-/m0/s1. The lowest BCUT2D eigenvalue weighted by Gasteiger charge is -2.37. The van der Waals surface area contributed by atoms with Gasteiger partial charge in [0.25, 0.3) is 0 Å². The number of hydrogen-bond acceptors (Lipinski definition) is 5. The summed E-state index contributed by atoms with van der Waals surface area (Å²) in [6, 6.07) is 9.32. The largest absolute Gasteiger partial charge is 0.396 e. The molecule has 1 saturated carbocycles. The van der Waals surface area contributed by atoms with E-state index in [0.717, 1.165) is 64.4 Å². The molecule has 1 atom stereocenters. The fourth-order valence-electron chi connectivity index (χ4n) is 5.73. The second-order valence-electron chi connectivity index (χ2n) is 9.83. The number of halogens is 2. The van der Waals surface area contributed by atoms with Crippen molar-refractivity contribution >= 4 is 22.6 Å². The van der Waals surface area contributed by atoms with Gasteiger partial charge in [0.2, 0.25) is 5.91 Å². The van der Waals surface area contributed by atoms with Crippen molar-refractivity contribution in [3.63, 3.8) is 0 Å². The van der Waals surface area contributed by atoms with Crippen molar-refractivity contribution in [2.24, 2.45) is 5.92 Å². The van der Waals surface area contributed by atoms with E-state index >= 15 is 0 Å². The highest BCUT2D eigenvalue weighted by atomic mass is 19.2. The zero-order valence-electron chi connectivity index (χ0n) is 20.0. The summed E-state index contributed by atoms with van der Waals surface area (Å²) >= 11 is 0. The summed E-state index contributed by atoms with van der Waals surface area (Å²) in [7, 11) is 0. The molecule has 2 aromatic carbocycles. The predicted octanol–water partition coefficient (Wildman–Crippen LogP) is 5.40. The molecule has 7 nitrogen and oxygen atoms in total. The van der Waals surface area contributed by atoms with Gasteiger partial charge in [-0.1, -0.05) is 11.2 Å². The first-order valence-electron chi connectivity index (χ1n) is 12.2.